The summed E-state index contributed by atoms with van der Waals surface area (Å²) in [6.45, 7) is 6.03. The number of benzene rings is 1. The monoisotopic (exact) mass is 274 g/mol. The van der Waals surface area contributed by atoms with E-state index >= 15 is 0 Å². The molecule has 2 rings (SSSR count). The summed E-state index contributed by atoms with van der Waals surface area (Å²) in [5.41, 5.74) is 1.00. The van der Waals surface area contributed by atoms with Gasteiger partial charge in [0.25, 0.3) is 0 Å². The Kier molecular flexibility index (Phi) is 5.18. The average molecular weight is 274 g/mol. The summed E-state index contributed by atoms with van der Waals surface area (Å²) >= 11 is 0. The Hall–Kier alpha value is -1.35. The molecule has 3 nitrogen and oxygen atoms in total. The Balaban J connectivity index is 2.10. The van der Waals surface area contributed by atoms with Crippen molar-refractivity contribution >= 4 is 5.91 Å². The zero-order valence-electron chi connectivity index (χ0n) is 12.6. The summed E-state index contributed by atoms with van der Waals surface area (Å²) < 4.78 is 0. The first-order valence-electron chi connectivity index (χ1n) is 7.78. The molecule has 0 bridgehead atoms. The standard InChI is InChI=1S/C17H26N2O/c1-3-8-15(14-9-6-5-7-10-14)19-16(20)17(4-2)11-12-18-13-17/h5-7,9-10,15,18H,3-4,8,11-13H2,1-2H3,(H,19,20). The Bertz CT molecular complexity index is 424. The number of rotatable bonds is 6. The SMILES string of the molecule is CCCC(NC(=O)C1(CC)CCNC1)c1ccccc1. The molecule has 0 radical (unpaired) electrons. The van der Waals surface area contributed by atoms with E-state index in [1.165, 1.54) is 5.56 Å². The Labute approximate surface area is 122 Å². The molecule has 1 aromatic carbocycles. The first kappa shape index (κ1) is 15.0. The minimum atomic E-state index is -0.208. The van der Waals surface area contributed by atoms with E-state index in [2.05, 4.69) is 36.6 Å². The van der Waals surface area contributed by atoms with E-state index in [0.29, 0.717) is 0 Å². The number of carbonyl (C=O) groups excluding carboxylic acids is 1. The quantitative estimate of drug-likeness (QED) is 0.837. The van der Waals surface area contributed by atoms with E-state index in [-0.39, 0.29) is 17.4 Å². The van der Waals surface area contributed by atoms with Crippen molar-refractivity contribution < 1.29 is 4.79 Å². The largest absolute Gasteiger partial charge is 0.349 e. The highest BCUT2D eigenvalue weighted by atomic mass is 16.2. The fourth-order valence-corrected chi connectivity index (χ4v) is 3.01. The zero-order chi connectivity index (χ0) is 14.4. The number of nitrogens with one attached hydrogen (secondary N) is 2. The van der Waals surface area contributed by atoms with Gasteiger partial charge in [0.2, 0.25) is 5.91 Å². The number of carbonyl (C=O) groups is 1. The molecule has 2 N–H and O–H groups in total. The fraction of sp³-hybridized carbons (Fsp3) is 0.588. The number of amides is 1. The lowest BCUT2D eigenvalue weighted by molar-refractivity contribution is -0.131. The van der Waals surface area contributed by atoms with Gasteiger partial charge in [-0.1, -0.05) is 50.6 Å². The van der Waals surface area contributed by atoms with Gasteiger partial charge in [-0.25, -0.2) is 0 Å². The van der Waals surface area contributed by atoms with Gasteiger partial charge in [0.05, 0.1) is 11.5 Å². The summed E-state index contributed by atoms with van der Waals surface area (Å²) in [6.07, 6.45) is 3.91. The van der Waals surface area contributed by atoms with Gasteiger partial charge < -0.3 is 10.6 Å². The molecule has 1 heterocycles. The fourth-order valence-electron chi connectivity index (χ4n) is 3.01. The van der Waals surface area contributed by atoms with Crippen LogP contribution in [-0.2, 0) is 4.79 Å². The van der Waals surface area contributed by atoms with E-state index < -0.39 is 0 Å². The van der Waals surface area contributed by atoms with Gasteiger partial charge in [0.1, 0.15) is 0 Å². The van der Waals surface area contributed by atoms with Crippen molar-refractivity contribution in [3.63, 3.8) is 0 Å². The summed E-state index contributed by atoms with van der Waals surface area (Å²) in [6, 6.07) is 10.4. The van der Waals surface area contributed by atoms with E-state index in [1.807, 2.05) is 18.2 Å². The predicted octanol–water partition coefficient (Wildman–Crippen LogP) is 3.03. The van der Waals surface area contributed by atoms with Crippen LogP contribution in [0.3, 0.4) is 0 Å². The van der Waals surface area contributed by atoms with Crippen LogP contribution in [0.5, 0.6) is 0 Å². The van der Waals surface area contributed by atoms with Crippen molar-refractivity contribution in [2.75, 3.05) is 13.1 Å². The summed E-state index contributed by atoms with van der Waals surface area (Å²) in [5.74, 6) is 0.215. The van der Waals surface area contributed by atoms with Crippen LogP contribution in [0.2, 0.25) is 0 Å². The zero-order valence-corrected chi connectivity index (χ0v) is 12.6. The third-order valence-electron chi connectivity index (χ3n) is 4.49. The molecule has 0 spiro atoms. The third kappa shape index (κ3) is 3.21. The van der Waals surface area contributed by atoms with Crippen LogP contribution >= 0.6 is 0 Å². The smallest absolute Gasteiger partial charge is 0.228 e. The molecule has 1 amide bonds. The van der Waals surface area contributed by atoms with Crippen LogP contribution in [0, 0.1) is 5.41 Å². The second-order valence-corrected chi connectivity index (χ2v) is 5.79. The van der Waals surface area contributed by atoms with E-state index in [9.17, 15) is 4.79 Å². The lowest BCUT2D eigenvalue weighted by atomic mass is 9.82. The molecule has 1 aromatic rings. The minimum absolute atomic E-state index is 0.137. The second-order valence-electron chi connectivity index (χ2n) is 5.79. The summed E-state index contributed by atoms with van der Waals surface area (Å²) in [5, 5.41) is 6.62. The van der Waals surface area contributed by atoms with Gasteiger partial charge in [-0.15, -0.1) is 0 Å². The van der Waals surface area contributed by atoms with Crippen LogP contribution < -0.4 is 10.6 Å². The number of hydrogen-bond acceptors (Lipinski definition) is 2. The maximum absolute atomic E-state index is 12.7. The molecule has 0 aliphatic carbocycles. The van der Waals surface area contributed by atoms with Crippen molar-refractivity contribution in [1.29, 1.82) is 0 Å². The molecular formula is C17H26N2O. The molecule has 3 heteroatoms. The Morgan fingerprint density at radius 3 is 2.65 bits per heavy atom. The van der Waals surface area contributed by atoms with Crippen LogP contribution in [0.4, 0.5) is 0 Å². The molecule has 110 valence electrons. The highest BCUT2D eigenvalue weighted by Gasteiger charge is 2.40. The highest BCUT2D eigenvalue weighted by Crippen LogP contribution is 2.31. The topological polar surface area (TPSA) is 41.1 Å². The van der Waals surface area contributed by atoms with Gasteiger partial charge in [-0.05, 0) is 31.4 Å². The van der Waals surface area contributed by atoms with Crippen molar-refractivity contribution in [3.8, 4) is 0 Å². The summed E-state index contributed by atoms with van der Waals surface area (Å²) in [7, 11) is 0. The van der Waals surface area contributed by atoms with Crippen molar-refractivity contribution in [2.45, 2.75) is 45.6 Å². The average Bonchev–Trinajstić information content (AvgIpc) is 2.98. The molecule has 1 aliphatic heterocycles. The van der Waals surface area contributed by atoms with Gasteiger partial charge in [0, 0.05) is 6.54 Å². The van der Waals surface area contributed by atoms with E-state index in [1.54, 1.807) is 0 Å². The molecule has 1 aliphatic rings. The van der Waals surface area contributed by atoms with Gasteiger partial charge >= 0.3 is 0 Å². The molecule has 20 heavy (non-hydrogen) atoms. The Morgan fingerprint density at radius 2 is 2.10 bits per heavy atom. The normalized spacial score (nSPS) is 23.5. The number of hydrogen-bond donors (Lipinski definition) is 2. The van der Waals surface area contributed by atoms with Crippen LogP contribution in [-0.4, -0.2) is 19.0 Å². The molecule has 1 saturated heterocycles. The second kappa shape index (κ2) is 6.89. The highest BCUT2D eigenvalue weighted by molar-refractivity contribution is 5.83. The van der Waals surface area contributed by atoms with Crippen molar-refractivity contribution in [2.24, 2.45) is 5.41 Å². The predicted molar refractivity (Wildman–Crippen MR) is 82.4 cm³/mol. The maximum Gasteiger partial charge on any atom is 0.228 e. The van der Waals surface area contributed by atoms with Crippen LogP contribution in [0.15, 0.2) is 30.3 Å². The van der Waals surface area contributed by atoms with Gasteiger partial charge in [0.15, 0.2) is 0 Å². The van der Waals surface area contributed by atoms with Crippen molar-refractivity contribution in [3.05, 3.63) is 35.9 Å². The van der Waals surface area contributed by atoms with Crippen LogP contribution in [0.1, 0.15) is 51.1 Å². The first-order valence-corrected chi connectivity index (χ1v) is 7.78. The summed E-state index contributed by atoms with van der Waals surface area (Å²) in [4.78, 5) is 12.7. The lowest BCUT2D eigenvalue weighted by Gasteiger charge is -2.29. The molecule has 0 saturated carbocycles. The molecule has 0 aromatic heterocycles. The third-order valence-corrected chi connectivity index (χ3v) is 4.49. The van der Waals surface area contributed by atoms with Gasteiger partial charge in [-0.2, -0.15) is 0 Å². The molecule has 1 fully saturated rings. The minimum Gasteiger partial charge on any atom is -0.349 e. The van der Waals surface area contributed by atoms with Crippen molar-refractivity contribution in [1.82, 2.24) is 10.6 Å². The maximum atomic E-state index is 12.7. The van der Waals surface area contributed by atoms with E-state index in [0.717, 1.165) is 38.8 Å². The van der Waals surface area contributed by atoms with Crippen LogP contribution in [0.25, 0.3) is 0 Å². The lowest BCUT2D eigenvalue weighted by Crippen LogP contribution is -2.43. The molecular weight excluding hydrogens is 248 g/mol. The molecule has 2 atom stereocenters. The Morgan fingerprint density at radius 1 is 1.35 bits per heavy atom. The van der Waals surface area contributed by atoms with E-state index in [4.69, 9.17) is 0 Å². The first-order chi connectivity index (χ1) is 9.72. The molecule has 2 unspecified atom stereocenters. The van der Waals surface area contributed by atoms with Gasteiger partial charge in [-0.3, -0.25) is 4.79 Å².